The molecule has 0 radical (unpaired) electrons. The van der Waals surface area contributed by atoms with Crippen molar-refractivity contribution >= 4 is 24.8 Å². The average Bonchev–Trinajstić information content (AvgIpc) is 2.66. The van der Waals surface area contributed by atoms with E-state index in [1.165, 1.54) is 17.7 Å². The van der Waals surface area contributed by atoms with Gasteiger partial charge in [-0.25, -0.2) is 4.39 Å². The maximum absolute atomic E-state index is 12.9. The highest BCUT2D eigenvalue weighted by Crippen LogP contribution is 2.15. The predicted molar refractivity (Wildman–Crippen MR) is 111 cm³/mol. The van der Waals surface area contributed by atoms with Crippen LogP contribution in [0.15, 0.2) is 48.5 Å². The van der Waals surface area contributed by atoms with Crippen LogP contribution in [-0.2, 0) is 17.9 Å². The first-order chi connectivity index (χ1) is 12.3. The van der Waals surface area contributed by atoms with Gasteiger partial charge in [-0.2, -0.15) is 0 Å². The molecule has 27 heavy (non-hydrogen) atoms. The molecule has 4 nitrogen and oxygen atoms in total. The first kappa shape index (κ1) is 23.7. The fourth-order valence-electron chi connectivity index (χ4n) is 2.79. The summed E-state index contributed by atoms with van der Waals surface area (Å²) in [6, 6.07) is 14.5. The lowest BCUT2D eigenvalue weighted by Gasteiger charge is -2.26. The number of ether oxygens (including phenoxy) is 2. The summed E-state index contributed by atoms with van der Waals surface area (Å²) in [7, 11) is 0. The van der Waals surface area contributed by atoms with Crippen molar-refractivity contribution in [3.05, 3.63) is 65.5 Å². The van der Waals surface area contributed by atoms with Gasteiger partial charge in [-0.3, -0.25) is 4.90 Å². The molecule has 0 unspecified atom stereocenters. The molecule has 0 amide bonds. The van der Waals surface area contributed by atoms with Crippen molar-refractivity contribution in [2.45, 2.75) is 13.2 Å². The molecule has 1 aliphatic rings. The maximum Gasteiger partial charge on any atom is 0.123 e. The Hall–Kier alpha value is -1.37. The molecule has 2 aromatic carbocycles. The third-order valence-corrected chi connectivity index (χ3v) is 4.25. The molecule has 0 aromatic heterocycles. The summed E-state index contributed by atoms with van der Waals surface area (Å²) in [6.07, 6.45) is 0. The topological polar surface area (TPSA) is 33.7 Å². The second-order valence-electron chi connectivity index (χ2n) is 6.19. The van der Waals surface area contributed by atoms with Crippen LogP contribution in [0.25, 0.3) is 0 Å². The van der Waals surface area contributed by atoms with Crippen LogP contribution in [0.3, 0.4) is 0 Å². The van der Waals surface area contributed by atoms with Gasteiger partial charge in [0, 0.05) is 32.7 Å². The Balaban J connectivity index is 0.00000182. The number of halogens is 3. The average molecular weight is 417 g/mol. The Morgan fingerprint density at radius 3 is 2.48 bits per heavy atom. The number of nitrogens with zero attached hydrogens (tertiary/aromatic N) is 1. The van der Waals surface area contributed by atoms with E-state index in [1.54, 1.807) is 12.1 Å². The van der Waals surface area contributed by atoms with Crippen LogP contribution < -0.4 is 10.1 Å². The van der Waals surface area contributed by atoms with Crippen LogP contribution in [0, 0.1) is 5.82 Å². The minimum Gasteiger partial charge on any atom is -0.489 e. The van der Waals surface area contributed by atoms with E-state index >= 15 is 0 Å². The van der Waals surface area contributed by atoms with Crippen LogP contribution in [0.4, 0.5) is 4.39 Å². The summed E-state index contributed by atoms with van der Waals surface area (Å²) >= 11 is 0. The van der Waals surface area contributed by atoms with Crippen molar-refractivity contribution in [3.8, 4) is 5.75 Å². The van der Waals surface area contributed by atoms with Gasteiger partial charge < -0.3 is 14.8 Å². The van der Waals surface area contributed by atoms with Gasteiger partial charge in [0.25, 0.3) is 0 Å². The van der Waals surface area contributed by atoms with Gasteiger partial charge in [-0.05, 0) is 35.4 Å². The van der Waals surface area contributed by atoms with Crippen molar-refractivity contribution in [2.24, 2.45) is 0 Å². The highest BCUT2D eigenvalue weighted by molar-refractivity contribution is 5.85. The fraction of sp³-hybridized carbons (Fsp3) is 0.400. The van der Waals surface area contributed by atoms with E-state index in [1.807, 2.05) is 18.2 Å². The Bertz CT molecular complexity index is 653. The Morgan fingerprint density at radius 2 is 1.74 bits per heavy atom. The number of nitrogens with one attached hydrogen (secondary N) is 1. The lowest BCUT2D eigenvalue weighted by molar-refractivity contribution is 0.0384. The molecule has 2 aromatic rings. The highest BCUT2D eigenvalue weighted by atomic mass is 35.5. The van der Waals surface area contributed by atoms with E-state index in [-0.39, 0.29) is 30.6 Å². The third kappa shape index (κ3) is 8.45. The van der Waals surface area contributed by atoms with E-state index in [0.29, 0.717) is 6.61 Å². The number of hydrogen-bond acceptors (Lipinski definition) is 4. The SMILES string of the molecule is Cl.Cl.Fc1ccc(COc2cccc(CNCCN3CCOCC3)c2)cc1. The molecule has 7 heteroatoms. The molecule has 1 saturated heterocycles. The van der Waals surface area contributed by atoms with E-state index in [0.717, 1.165) is 57.3 Å². The van der Waals surface area contributed by atoms with E-state index in [4.69, 9.17) is 9.47 Å². The third-order valence-electron chi connectivity index (χ3n) is 4.25. The molecule has 0 atom stereocenters. The molecule has 0 saturated carbocycles. The molecular weight excluding hydrogens is 390 g/mol. The zero-order chi connectivity index (χ0) is 17.3. The standard InChI is InChI=1S/C20H25FN2O2.2ClH/c21-19-6-4-17(5-7-19)16-25-20-3-1-2-18(14-20)15-22-8-9-23-10-12-24-13-11-23;;/h1-7,14,22H,8-13,15-16H2;2*1H. The summed E-state index contributed by atoms with van der Waals surface area (Å²) in [5.74, 6) is 0.603. The molecular formula is C20H27Cl2FN2O2. The van der Waals surface area contributed by atoms with Gasteiger partial charge in [0.1, 0.15) is 18.2 Å². The Morgan fingerprint density at radius 1 is 1.00 bits per heavy atom. The van der Waals surface area contributed by atoms with Crippen molar-refractivity contribution in [3.63, 3.8) is 0 Å². The molecule has 0 bridgehead atoms. The Kier molecular flexibility index (Phi) is 11.3. The van der Waals surface area contributed by atoms with Crippen molar-refractivity contribution in [1.82, 2.24) is 10.2 Å². The molecule has 0 aliphatic carbocycles. The Labute approximate surface area is 172 Å². The van der Waals surface area contributed by atoms with E-state index < -0.39 is 0 Å². The van der Waals surface area contributed by atoms with Crippen LogP contribution in [0.1, 0.15) is 11.1 Å². The largest absolute Gasteiger partial charge is 0.489 e. The van der Waals surface area contributed by atoms with Gasteiger partial charge in [-0.15, -0.1) is 24.8 Å². The van der Waals surface area contributed by atoms with Gasteiger partial charge >= 0.3 is 0 Å². The zero-order valence-electron chi connectivity index (χ0n) is 15.2. The number of rotatable bonds is 8. The highest BCUT2D eigenvalue weighted by Gasteiger charge is 2.09. The minimum atomic E-state index is -0.228. The molecule has 150 valence electrons. The summed E-state index contributed by atoms with van der Waals surface area (Å²) in [5.41, 5.74) is 2.15. The van der Waals surface area contributed by atoms with Crippen molar-refractivity contribution in [2.75, 3.05) is 39.4 Å². The number of morpholine rings is 1. The quantitative estimate of drug-likeness (QED) is 0.665. The minimum absolute atomic E-state index is 0. The van der Waals surface area contributed by atoms with Gasteiger partial charge in [0.2, 0.25) is 0 Å². The predicted octanol–water partition coefficient (Wildman–Crippen LogP) is 3.67. The lowest BCUT2D eigenvalue weighted by atomic mass is 10.2. The molecule has 1 heterocycles. The molecule has 1 fully saturated rings. The van der Waals surface area contributed by atoms with Crippen LogP contribution in [0.5, 0.6) is 5.75 Å². The number of benzene rings is 2. The van der Waals surface area contributed by atoms with Crippen molar-refractivity contribution in [1.29, 1.82) is 0 Å². The first-order valence-corrected chi connectivity index (χ1v) is 8.76. The van der Waals surface area contributed by atoms with E-state index in [2.05, 4.69) is 16.3 Å². The summed E-state index contributed by atoms with van der Waals surface area (Å²) in [5, 5.41) is 3.48. The summed E-state index contributed by atoms with van der Waals surface area (Å²) in [6.45, 7) is 6.99. The first-order valence-electron chi connectivity index (χ1n) is 8.76. The smallest absolute Gasteiger partial charge is 0.123 e. The summed E-state index contributed by atoms with van der Waals surface area (Å²) in [4.78, 5) is 2.42. The number of hydrogen-bond donors (Lipinski definition) is 1. The normalized spacial score (nSPS) is 14.1. The van der Waals surface area contributed by atoms with Gasteiger partial charge in [0.15, 0.2) is 0 Å². The molecule has 1 aliphatic heterocycles. The van der Waals surface area contributed by atoms with E-state index in [9.17, 15) is 4.39 Å². The lowest BCUT2D eigenvalue weighted by Crippen LogP contribution is -2.40. The summed E-state index contributed by atoms with van der Waals surface area (Å²) < 4.78 is 24.1. The molecule has 0 spiro atoms. The monoisotopic (exact) mass is 416 g/mol. The van der Waals surface area contributed by atoms with Crippen molar-refractivity contribution < 1.29 is 13.9 Å². The second-order valence-corrected chi connectivity index (χ2v) is 6.19. The van der Waals surface area contributed by atoms with Crippen LogP contribution in [0.2, 0.25) is 0 Å². The molecule has 1 N–H and O–H groups in total. The fourth-order valence-corrected chi connectivity index (χ4v) is 2.79. The van der Waals surface area contributed by atoms with Crippen LogP contribution in [-0.4, -0.2) is 44.3 Å². The second kappa shape index (κ2) is 12.9. The van der Waals surface area contributed by atoms with Gasteiger partial charge in [-0.1, -0.05) is 24.3 Å². The van der Waals surface area contributed by atoms with Crippen LogP contribution >= 0.6 is 24.8 Å². The zero-order valence-corrected chi connectivity index (χ0v) is 16.9. The molecule has 3 rings (SSSR count). The maximum atomic E-state index is 12.9. The van der Waals surface area contributed by atoms with Gasteiger partial charge in [0.05, 0.1) is 13.2 Å².